The number of piperidine rings is 3. The molecule has 0 radical (unpaired) electrons. The number of hydrogen-bond acceptors (Lipinski definition) is 18. The Labute approximate surface area is 486 Å². The van der Waals surface area contributed by atoms with Crippen molar-refractivity contribution < 1.29 is 52.3 Å². The number of nitrogens with two attached hydrogens (primary N) is 3. The molecule has 23 heteroatoms. The summed E-state index contributed by atoms with van der Waals surface area (Å²) in [6.45, 7) is 11.7. The van der Waals surface area contributed by atoms with Gasteiger partial charge in [0.1, 0.15) is 35.5 Å². The molecule has 7 N–H and O–H groups in total. The number of anilines is 2. The van der Waals surface area contributed by atoms with Crippen molar-refractivity contribution in [1.82, 2.24) is 34.9 Å². The molecule has 446 valence electrons. The summed E-state index contributed by atoms with van der Waals surface area (Å²) >= 11 is 11.7. The number of hydrogen-bond donors (Lipinski definition) is 4. The number of likely N-dealkylation sites (tertiary alicyclic amines) is 4. The number of aromatic nitrogens is 2. The Hall–Kier alpha value is -5.91. The lowest BCUT2D eigenvalue weighted by Crippen LogP contribution is -2.55. The lowest BCUT2D eigenvalue weighted by Gasteiger charge is -2.38. The van der Waals surface area contributed by atoms with E-state index in [2.05, 4.69) is 59.0 Å². The van der Waals surface area contributed by atoms with Crippen molar-refractivity contribution in [3.63, 3.8) is 0 Å². The van der Waals surface area contributed by atoms with E-state index in [-0.39, 0.29) is 80.7 Å². The monoisotopic (exact) mass is 1170 g/mol. The standard InChI is InChI=1S/C29H40ClN5O5.C21H32N2O2.C7H8ClN3O2.CH3FO/c1-34-14-10-21(11-15-34)40-29(37)20-8-6-19(7-9-20)5-4-13-35-16-12-24(25(18-35)38-2)32-27(36)22-17-23(30)26(31)33-28(22)39-3;24-21(25-18-17-23-14-4-5-15-23)20-10-8-19(9-11-20)7-6-16-22-12-2-1-3-13-22;1-13-7-3(6(10)12)2-4(8)5(9)11-7;1-3-2/h6-9,17,21,24-25H,4-5,10-16,18H2,1-3H3,(H2,31,33)(H,32,36);8-11H,1-7,12-18H2;2H,1H3,(H2,9,11)(H2,10,12);1H3. The number of nitrogen functional groups attached to an aromatic ring is 2. The smallest absolute Gasteiger partial charge is 0.338 e. The Morgan fingerprint density at radius 3 is 1.65 bits per heavy atom. The number of nitrogens with one attached hydrogen (secondary N) is 1. The Bertz CT molecular complexity index is 2570. The molecule has 20 nitrogen and oxygen atoms in total. The number of pyridine rings is 2. The number of esters is 2. The topological polar surface area (TPSA) is 252 Å². The van der Waals surface area contributed by atoms with E-state index < -0.39 is 5.91 Å². The summed E-state index contributed by atoms with van der Waals surface area (Å²) in [4.78, 5) is 68.5. The van der Waals surface area contributed by atoms with Crippen LogP contribution in [0, 0.1) is 0 Å². The molecule has 4 saturated heterocycles. The average molecular weight is 1170 g/mol. The molecule has 2 unspecified atom stereocenters. The SMILES string of the molecule is COF.COc1nc(N)c(Cl)cc1C(=O)NC1CCN(CCCc2ccc(C(=O)OC3CCN(C)CC3)cc2)CC1OC.COc1nc(N)c(Cl)cc1C(N)=O.O=C(OCCN1CCCC1)c1ccc(CCCN2CCCCC2)cc1. The Balaban J connectivity index is 0.000000248. The molecule has 81 heavy (non-hydrogen) atoms. The normalized spacial score (nSPS) is 17.9. The minimum atomic E-state index is -0.661. The average Bonchev–Trinajstić information content (AvgIpc) is 4.01. The third-order valence-electron chi connectivity index (χ3n) is 14.6. The maximum absolute atomic E-state index is 13.0. The van der Waals surface area contributed by atoms with E-state index in [0.29, 0.717) is 24.3 Å². The summed E-state index contributed by atoms with van der Waals surface area (Å²) in [5, 5.41) is 3.43. The van der Waals surface area contributed by atoms with Gasteiger partial charge in [0.15, 0.2) is 0 Å². The van der Waals surface area contributed by atoms with Crippen LogP contribution in [0.4, 0.5) is 16.2 Å². The largest absolute Gasteiger partial charge is 0.480 e. The first-order chi connectivity index (χ1) is 39.0. The number of rotatable bonds is 20. The van der Waals surface area contributed by atoms with Crippen molar-refractivity contribution in [2.75, 3.05) is 126 Å². The van der Waals surface area contributed by atoms with Gasteiger partial charge in [-0.05, 0) is 169 Å². The number of aryl methyl sites for hydroxylation is 2. The van der Waals surface area contributed by atoms with Crippen LogP contribution in [0.2, 0.25) is 10.0 Å². The molecule has 4 aromatic rings. The molecule has 8 rings (SSSR count). The van der Waals surface area contributed by atoms with Crippen LogP contribution in [0.1, 0.15) is 117 Å². The fourth-order valence-corrected chi connectivity index (χ4v) is 10.2. The summed E-state index contributed by atoms with van der Waals surface area (Å²) < 4.78 is 36.6. The van der Waals surface area contributed by atoms with Crippen molar-refractivity contribution >= 4 is 58.6 Å². The number of amides is 2. The number of ether oxygens (including phenoxy) is 5. The number of carbonyl (C=O) groups is 4. The van der Waals surface area contributed by atoms with E-state index >= 15 is 0 Å². The first-order valence-electron chi connectivity index (χ1n) is 27.8. The van der Waals surface area contributed by atoms with Gasteiger partial charge in [-0.25, -0.2) is 9.59 Å². The third kappa shape index (κ3) is 22.1. The van der Waals surface area contributed by atoms with Crippen LogP contribution in [-0.2, 0) is 32.0 Å². The predicted molar refractivity (Wildman–Crippen MR) is 312 cm³/mol. The summed E-state index contributed by atoms with van der Waals surface area (Å²) in [5.74, 6) is -1.00. The van der Waals surface area contributed by atoms with Crippen LogP contribution in [0.3, 0.4) is 0 Å². The van der Waals surface area contributed by atoms with Gasteiger partial charge in [0.2, 0.25) is 11.8 Å². The minimum Gasteiger partial charge on any atom is -0.480 e. The molecule has 2 aromatic heterocycles. The Morgan fingerprint density at radius 1 is 0.654 bits per heavy atom. The molecule has 2 amide bonds. The van der Waals surface area contributed by atoms with Gasteiger partial charge >= 0.3 is 11.9 Å². The maximum atomic E-state index is 13.0. The van der Waals surface area contributed by atoms with Gasteiger partial charge in [0.25, 0.3) is 11.8 Å². The van der Waals surface area contributed by atoms with Gasteiger partial charge in [-0.3, -0.25) is 14.5 Å². The Morgan fingerprint density at radius 2 is 1.14 bits per heavy atom. The first-order valence-corrected chi connectivity index (χ1v) is 28.5. The zero-order chi connectivity index (χ0) is 58.7. The highest BCUT2D eigenvalue weighted by molar-refractivity contribution is 6.33. The van der Waals surface area contributed by atoms with Crippen LogP contribution in [0.15, 0.2) is 60.7 Å². The van der Waals surface area contributed by atoms with Gasteiger partial charge in [0, 0.05) is 39.8 Å². The van der Waals surface area contributed by atoms with E-state index in [1.807, 2.05) is 36.4 Å². The molecule has 0 spiro atoms. The van der Waals surface area contributed by atoms with Crippen LogP contribution in [-0.4, -0.2) is 186 Å². The van der Waals surface area contributed by atoms with E-state index in [4.69, 9.17) is 64.1 Å². The maximum Gasteiger partial charge on any atom is 0.338 e. The van der Waals surface area contributed by atoms with Crippen LogP contribution in [0.25, 0.3) is 0 Å². The number of primary amides is 1. The second kappa shape index (κ2) is 35.2. The van der Waals surface area contributed by atoms with Gasteiger partial charge in [-0.15, -0.1) is 0 Å². The molecule has 0 aliphatic carbocycles. The van der Waals surface area contributed by atoms with Gasteiger partial charge < -0.3 is 60.9 Å². The molecule has 2 aromatic carbocycles. The molecule has 4 fully saturated rings. The summed E-state index contributed by atoms with van der Waals surface area (Å²) in [6, 6.07) is 18.4. The fourth-order valence-electron chi connectivity index (χ4n) is 9.95. The molecular formula is C58H83Cl2FN10O10. The van der Waals surface area contributed by atoms with Crippen LogP contribution in [0.5, 0.6) is 11.8 Å². The van der Waals surface area contributed by atoms with Gasteiger partial charge in [-0.1, -0.05) is 53.9 Å². The molecule has 0 saturated carbocycles. The summed E-state index contributed by atoms with van der Waals surface area (Å²) in [7, 11) is 7.50. The first kappa shape index (κ1) is 65.9. The molecule has 4 aliphatic rings. The highest BCUT2D eigenvalue weighted by Crippen LogP contribution is 2.27. The third-order valence-corrected chi connectivity index (χ3v) is 15.2. The zero-order valence-corrected chi connectivity index (χ0v) is 49.1. The van der Waals surface area contributed by atoms with Crippen LogP contribution < -0.4 is 32.0 Å². The second-order valence-corrected chi connectivity index (χ2v) is 21.2. The van der Waals surface area contributed by atoms with E-state index in [9.17, 15) is 23.7 Å². The minimum absolute atomic E-state index is 0.00723. The van der Waals surface area contributed by atoms with Crippen molar-refractivity contribution in [2.24, 2.45) is 5.73 Å². The number of methoxy groups -OCH3 is 3. The van der Waals surface area contributed by atoms with Gasteiger partial charge in [-0.2, -0.15) is 14.9 Å². The summed E-state index contributed by atoms with van der Waals surface area (Å²) in [5.41, 5.74) is 20.3. The molecule has 2 atom stereocenters. The fraction of sp³-hybridized carbons (Fsp3) is 0.552. The van der Waals surface area contributed by atoms with E-state index in [1.54, 1.807) is 7.11 Å². The molecular weight excluding hydrogens is 1090 g/mol. The lowest BCUT2D eigenvalue weighted by molar-refractivity contribution is -0.0960. The van der Waals surface area contributed by atoms with Crippen molar-refractivity contribution in [3.8, 4) is 11.8 Å². The lowest BCUT2D eigenvalue weighted by atomic mass is 10.00. The highest BCUT2D eigenvalue weighted by atomic mass is 35.5. The molecule has 4 aliphatic heterocycles. The quantitative estimate of drug-likeness (QED) is 0.0632. The summed E-state index contributed by atoms with van der Waals surface area (Å²) in [6.07, 6.45) is 13.2. The van der Waals surface area contributed by atoms with E-state index in [0.717, 1.165) is 91.4 Å². The van der Waals surface area contributed by atoms with E-state index in [1.165, 1.54) is 95.6 Å². The molecule has 6 heterocycles. The van der Waals surface area contributed by atoms with Crippen molar-refractivity contribution in [2.45, 2.75) is 95.3 Å². The zero-order valence-electron chi connectivity index (χ0n) is 47.6. The number of nitrogens with zero attached hydrogens (tertiary/aromatic N) is 6. The Kier molecular flexibility index (Phi) is 28.6. The molecule has 0 bridgehead atoms. The second-order valence-electron chi connectivity index (χ2n) is 20.4. The van der Waals surface area contributed by atoms with Crippen molar-refractivity contribution in [1.29, 1.82) is 0 Å². The van der Waals surface area contributed by atoms with Crippen molar-refractivity contribution in [3.05, 3.63) is 104 Å². The highest BCUT2D eigenvalue weighted by Gasteiger charge is 2.32. The number of benzene rings is 2. The predicted octanol–water partition coefficient (Wildman–Crippen LogP) is 7.33. The van der Waals surface area contributed by atoms with Crippen LogP contribution >= 0.6 is 23.2 Å². The number of halogens is 3. The number of carbonyl (C=O) groups excluding carboxylic acids is 4. The van der Waals surface area contributed by atoms with Gasteiger partial charge in [0.05, 0.1) is 54.6 Å².